The molecule has 1 aliphatic heterocycles. The fourth-order valence-electron chi connectivity index (χ4n) is 3.98. The lowest BCUT2D eigenvalue weighted by Crippen LogP contribution is -2.52. The largest absolute Gasteiger partial charge is 0.393 e. The average molecular weight is 225 g/mol. The Morgan fingerprint density at radius 2 is 1.81 bits per heavy atom. The molecule has 94 valence electrons. The van der Waals surface area contributed by atoms with Gasteiger partial charge in [0.05, 0.1) is 6.10 Å². The smallest absolute Gasteiger partial charge is 0.0588 e. The van der Waals surface area contributed by atoms with E-state index < -0.39 is 0 Å². The van der Waals surface area contributed by atoms with Gasteiger partial charge in [-0.15, -0.1) is 0 Å². The topological polar surface area (TPSA) is 32.3 Å². The highest BCUT2D eigenvalue weighted by atomic mass is 16.3. The van der Waals surface area contributed by atoms with E-state index in [0.717, 1.165) is 6.42 Å². The number of hydrogen-bond acceptors (Lipinski definition) is 2. The average Bonchev–Trinajstić information content (AvgIpc) is 2.15. The molecule has 2 aliphatic rings. The van der Waals surface area contributed by atoms with E-state index in [1.807, 2.05) is 0 Å². The molecule has 0 aromatic carbocycles. The molecule has 6 unspecified atom stereocenters. The maximum Gasteiger partial charge on any atom is 0.0588 e. The molecule has 16 heavy (non-hydrogen) atoms. The van der Waals surface area contributed by atoms with Gasteiger partial charge in [0.15, 0.2) is 0 Å². The SMILES string of the molecule is CC1CC(C)C(C2CCCC(C)N2)C(O)C1. The second-order valence-corrected chi connectivity index (χ2v) is 6.30. The Morgan fingerprint density at radius 1 is 1.06 bits per heavy atom. The number of rotatable bonds is 1. The number of nitrogens with one attached hydrogen (secondary N) is 1. The van der Waals surface area contributed by atoms with E-state index in [1.54, 1.807) is 0 Å². The molecule has 1 aliphatic carbocycles. The Labute approximate surface area is 99.8 Å². The van der Waals surface area contributed by atoms with Crippen molar-refractivity contribution < 1.29 is 5.11 Å². The third-order valence-electron chi connectivity index (χ3n) is 4.63. The fourth-order valence-corrected chi connectivity index (χ4v) is 3.98. The third kappa shape index (κ3) is 2.60. The van der Waals surface area contributed by atoms with Crippen LogP contribution in [0.3, 0.4) is 0 Å². The molecule has 2 N–H and O–H groups in total. The first-order valence-electron chi connectivity index (χ1n) is 7.02. The van der Waals surface area contributed by atoms with Crippen LogP contribution in [0.4, 0.5) is 0 Å². The number of aliphatic hydroxyl groups is 1. The summed E-state index contributed by atoms with van der Waals surface area (Å²) in [6.07, 6.45) is 6.08. The van der Waals surface area contributed by atoms with Crippen LogP contribution in [0.15, 0.2) is 0 Å². The predicted molar refractivity (Wildman–Crippen MR) is 67.3 cm³/mol. The Morgan fingerprint density at radius 3 is 2.44 bits per heavy atom. The Balaban J connectivity index is 2.01. The molecular formula is C14H27NO. The minimum atomic E-state index is -0.0819. The van der Waals surface area contributed by atoms with E-state index in [0.29, 0.717) is 29.8 Å². The minimum Gasteiger partial charge on any atom is -0.393 e. The van der Waals surface area contributed by atoms with Crippen LogP contribution in [0.25, 0.3) is 0 Å². The summed E-state index contributed by atoms with van der Waals surface area (Å²) in [4.78, 5) is 0. The van der Waals surface area contributed by atoms with Crippen molar-refractivity contribution in [3.8, 4) is 0 Å². The van der Waals surface area contributed by atoms with Gasteiger partial charge in [-0.2, -0.15) is 0 Å². The van der Waals surface area contributed by atoms with Gasteiger partial charge in [-0.25, -0.2) is 0 Å². The van der Waals surface area contributed by atoms with Crippen molar-refractivity contribution in [3.05, 3.63) is 0 Å². The van der Waals surface area contributed by atoms with Crippen LogP contribution in [0, 0.1) is 17.8 Å². The van der Waals surface area contributed by atoms with Crippen molar-refractivity contribution in [1.82, 2.24) is 5.32 Å². The highest BCUT2D eigenvalue weighted by Gasteiger charge is 2.38. The Kier molecular flexibility index (Phi) is 3.91. The number of hydrogen-bond donors (Lipinski definition) is 2. The quantitative estimate of drug-likeness (QED) is 0.719. The first-order valence-corrected chi connectivity index (χ1v) is 7.02. The fraction of sp³-hybridized carbons (Fsp3) is 1.00. The van der Waals surface area contributed by atoms with Gasteiger partial charge >= 0.3 is 0 Å². The molecule has 6 atom stereocenters. The Hall–Kier alpha value is -0.0800. The molecule has 1 saturated carbocycles. The molecule has 1 saturated heterocycles. The second kappa shape index (κ2) is 5.05. The lowest BCUT2D eigenvalue weighted by molar-refractivity contribution is -0.0110. The van der Waals surface area contributed by atoms with Gasteiger partial charge in [0.2, 0.25) is 0 Å². The summed E-state index contributed by atoms with van der Waals surface area (Å²) in [5, 5.41) is 14.0. The lowest BCUT2D eigenvalue weighted by atomic mass is 9.69. The molecule has 0 amide bonds. The maximum absolute atomic E-state index is 10.3. The number of piperidine rings is 1. The summed E-state index contributed by atoms with van der Waals surface area (Å²) < 4.78 is 0. The molecule has 0 aromatic heterocycles. The van der Waals surface area contributed by atoms with Crippen LogP contribution >= 0.6 is 0 Å². The second-order valence-electron chi connectivity index (χ2n) is 6.30. The van der Waals surface area contributed by atoms with E-state index in [2.05, 4.69) is 26.1 Å². The van der Waals surface area contributed by atoms with E-state index in [1.165, 1.54) is 25.7 Å². The molecule has 1 heterocycles. The van der Waals surface area contributed by atoms with Gasteiger partial charge < -0.3 is 10.4 Å². The van der Waals surface area contributed by atoms with Crippen molar-refractivity contribution in [2.75, 3.05) is 0 Å². The van der Waals surface area contributed by atoms with Crippen LogP contribution in [-0.2, 0) is 0 Å². The molecule has 2 nitrogen and oxygen atoms in total. The van der Waals surface area contributed by atoms with Gasteiger partial charge in [0.1, 0.15) is 0 Å². The molecule has 2 heteroatoms. The van der Waals surface area contributed by atoms with Gasteiger partial charge in [0.25, 0.3) is 0 Å². The minimum absolute atomic E-state index is 0.0819. The predicted octanol–water partition coefficient (Wildman–Crippen LogP) is 2.56. The third-order valence-corrected chi connectivity index (χ3v) is 4.63. The molecule has 0 spiro atoms. The number of aliphatic hydroxyl groups excluding tert-OH is 1. The molecule has 0 bridgehead atoms. The molecule has 2 rings (SSSR count). The summed E-state index contributed by atoms with van der Waals surface area (Å²) in [7, 11) is 0. The highest BCUT2D eigenvalue weighted by Crippen LogP contribution is 2.38. The lowest BCUT2D eigenvalue weighted by Gasteiger charge is -2.44. The zero-order chi connectivity index (χ0) is 11.7. The Bertz CT molecular complexity index is 219. The summed E-state index contributed by atoms with van der Waals surface area (Å²) in [5.74, 6) is 1.85. The van der Waals surface area contributed by atoms with Crippen LogP contribution in [0.1, 0.15) is 52.9 Å². The molecule has 0 aromatic rings. The van der Waals surface area contributed by atoms with Crippen molar-refractivity contribution >= 4 is 0 Å². The van der Waals surface area contributed by atoms with Crippen LogP contribution in [-0.4, -0.2) is 23.3 Å². The van der Waals surface area contributed by atoms with Crippen LogP contribution in [0.2, 0.25) is 0 Å². The monoisotopic (exact) mass is 225 g/mol. The summed E-state index contributed by atoms with van der Waals surface area (Å²) in [5.41, 5.74) is 0. The van der Waals surface area contributed by atoms with Crippen molar-refractivity contribution in [2.45, 2.75) is 71.1 Å². The van der Waals surface area contributed by atoms with Gasteiger partial charge in [-0.1, -0.05) is 20.3 Å². The highest BCUT2D eigenvalue weighted by molar-refractivity contribution is 4.93. The molecule has 2 fully saturated rings. The van der Waals surface area contributed by atoms with E-state index >= 15 is 0 Å². The van der Waals surface area contributed by atoms with Crippen LogP contribution < -0.4 is 5.32 Å². The van der Waals surface area contributed by atoms with Crippen LogP contribution in [0.5, 0.6) is 0 Å². The first kappa shape index (κ1) is 12.4. The van der Waals surface area contributed by atoms with E-state index in [-0.39, 0.29) is 6.10 Å². The van der Waals surface area contributed by atoms with E-state index in [9.17, 15) is 5.11 Å². The van der Waals surface area contributed by atoms with Gasteiger partial charge in [0, 0.05) is 18.0 Å². The van der Waals surface area contributed by atoms with Crippen molar-refractivity contribution in [1.29, 1.82) is 0 Å². The standard InChI is InChI=1S/C14H27NO/c1-9-7-10(2)14(13(16)8-9)12-6-4-5-11(3)15-12/h9-16H,4-8H2,1-3H3. The summed E-state index contributed by atoms with van der Waals surface area (Å²) in [6.45, 7) is 6.87. The summed E-state index contributed by atoms with van der Waals surface area (Å²) >= 11 is 0. The molecular weight excluding hydrogens is 198 g/mol. The van der Waals surface area contributed by atoms with E-state index in [4.69, 9.17) is 0 Å². The molecule has 0 radical (unpaired) electrons. The normalized spacial score (nSPS) is 50.2. The van der Waals surface area contributed by atoms with Gasteiger partial charge in [-0.3, -0.25) is 0 Å². The zero-order valence-corrected chi connectivity index (χ0v) is 10.9. The van der Waals surface area contributed by atoms with Crippen molar-refractivity contribution in [2.24, 2.45) is 17.8 Å². The maximum atomic E-state index is 10.3. The van der Waals surface area contributed by atoms with Gasteiger partial charge in [-0.05, 0) is 44.4 Å². The first-order chi connectivity index (χ1) is 7.58. The van der Waals surface area contributed by atoms with Crippen molar-refractivity contribution in [3.63, 3.8) is 0 Å². The zero-order valence-electron chi connectivity index (χ0n) is 10.9. The summed E-state index contributed by atoms with van der Waals surface area (Å²) in [6, 6.07) is 1.19.